The molecule has 6 aromatic rings. The van der Waals surface area contributed by atoms with Gasteiger partial charge in [-0.05, 0) is 43.2 Å². The summed E-state index contributed by atoms with van der Waals surface area (Å²) in [7, 11) is 0. The van der Waals surface area contributed by atoms with Gasteiger partial charge in [0.25, 0.3) is 5.69 Å². The molecule has 0 unspecified atom stereocenters. The van der Waals surface area contributed by atoms with Crippen LogP contribution in [0.1, 0.15) is 45.7 Å². The van der Waals surface area contributed by atoms with E-state index in [4.69, 9.17) is 15.2 Å². The zero-order valence-corrected chi connectivity index (χ0v) is 28.6. The normalized spacial score (nSPS) is 10.4. The zero-order valence-electron chi connectivity index (χ0n) is 28.6. The summed E-state index contributed by atoms with van der Waals surface area (Å²) in [5.41, 5.74) is 10.1. The molecule has 14 heteroatoms. The first-order valence-electron chi connectivity index (χ1n) is 16.4. The van der Waals surface area contributed by atoms with Gasteiger partial charge in [-0.15, -0.1) is 0 Å². The number of nitrogens with two attached hydrogens (primary N) is 1. The van der Waals surface area contributed by atoms with Gasteiger partial charge in [0, 0.05) is 6.07 Å². The highest BCUT2D eigenvalue weighted by molar-refractivity contribution is 5.96. The summed E-state index contributed by atoms with van der Waals surface area (Å²) >= 11 is 0. The predicted octanol–water partition coefficient (Wildman–Crippen LogP) is 7.19. The first-order valence-corrected chi connectivity index (χ1v) is 16.4. The molecular weight excluding hydrogens is 664 g/mol. The Morgan fingerprint density at radius 3 is 1.56 bits per heavy atom. The highest BCUT2D eigenvalue weighted by Gasteiger charge is 2.23. The minimum absolute atomic E-state index is 0.0974. The number of rotatable bonds is 13. The van der Waals surface area contributed by atoms with Crippen molar-refractivity contribution in [2.45, 2.75) is 26.9 Å². The number of hydrogen-bond donors (Lipinski definition) is 3. The van der Waals surface area contributed by atoms with Crippen molar-refractivity contribution >= 4 is 46.3 Å². The van der Waals surface area contributed by atoms with E-state index in [0.29, 0.717) is 48.3 Å². The number of nitro groups is 1. The van der Waals surface area contributed by atoms with Crippen LogP contribution in [-0.4, -0.2) is 49.6 Å². The number of benzene rings is 4. The summed E-state index contributed by atoms with van der Waals surface area (Å²) in [6, 6.07) is 33.1. The largest absolute Gasteiger partial charge is 0.462 e. The lowest BCUT2D eigenvalue weighted by atomic mass is 10.2. The molecule has 0 atom stereocenters. The van der Waals surface area contributed by atoms with Crippen LogP contribution in [0.25, 0.3) is 0 Å². The van der Waals surface area contributed by atoms with Gasteiger partial charge in [0.05, 0.1) is 55.0 Å². The molecule has 0 radical (unpaired) electrons. The minimum atomic E-state index is -0.544. The highest BCUT2D eigenvalue weighted by atomic mass is 16.6. The average molecular weight is 703 g/mol. The van der Waals surface area contributed by atoms with Crippen molar-refractivity contribution in [2.24, 2.45) is 0 Å². The van der Waals surface area contributed by atoms with E-state index < -0.39 is 16.9 Å². The first kappa shape index (κ1) is 36.3. The molecule has 52 heavy (non-hydrogen) atoms. The molecule has 0 aliphatic heterocycles. The monoisotopic (exact) mass is 702 g/mol. The molecule has 0 aliphatic rings. The van der Waals surface area contributed by atoms with E-state index in [2.05, 4.69) is 20.8 Å². The van der Waals surface area contributed by atoms with Crippen LogP contribution in [0.5, 0.6) is 0 Å². The van der Waals surface area contributed by atoms with E-state index in [1.165, 1.54) is 18.5 Å². The number of carbonyl (C=O) groups is 2. The van der Waals surface area contributed by atoms with Crippen molar-refractivity contribution in [1.82, 2.24) is 19.6 Å². The summed E-state index contributed by atoms with van der Waals surface area (Å²) in [6.07, 6.45) is 2.92. The number of hydrogen-bond acceptors (Lipinski definition) is 11. The Bertz CT molecular complexity index is 2110. The van der Waals surface area contributed by atoms with Gasteiger partial charge in [0.1, 0.15) is 28.5 Å². The SMILES string of the molecule is CCOC(=O)c1cnn(Cc2ccccc2)c1Nc1ccccc1N.CCOC(=O)c1cnn(Cc2ccccc2)c1Nc1ccccc1[N+](=O)[O-]. The number of carbonyl (C=O) groups excluding carboxylic acids is 2. The van der Waals surface area contributed by atoms with E-state index >= 15 is 0 Å². The molecule has 0 saturated carbocycles. The van der Waals surface area contributed by atoms with Crippen LogP contribution in [0.4, 0.5) is 34.4 Å². The van der Waals surface area contributed by atoms with Gasteiger partial charge < -0.3 is 25.8 Å². The molecule has 6 rings (SSSR count). The Hall–Kier alpha value is -6.96. The van der Waals surface area contributed by atoms with Gasteiger partial charge in [-0.1, -0.05) is 84.9 Å². The van der Waals surface area contributed by atoms with Crippen molar-refractivity contribution < 1.29 is 24.0 Å². The molecule has 0 aliphatic carbocycles. The number of nitrogens with one attached hydrogen (secondary N) is 2. The quantitative estimate of drug-likeness (QED) is 0.0479. The summed E-state index contributed by atoms with van der Waals surface area (Å²) < 4.78 is 13.5. The Morgan fingerprint density at radius 1 is 0.673 bits per heavy atom. The minimum Gasteiger partial charge on any atom is -0.462 e. The maximum absolute atomic E-state index is 12.3. The smallest absolute Gasteiger partial charge is 0.343 e. The van der Waals surface area contributed by atoms with E-state index in [-0.39, 0.29) is 23.5 Å². The van der Waals surface area contributed by atoms with Crippen LogP contribution in [0.15, 0.2) is 122 Å². The van der Waals surface area contributed by atoms with Gasteiger partial charge in [0.15, 0.2) is 0 Å². The Morgan fingerprint density at radius 2 is 1.10 bits per heavy atom. The van der Waals surface area contributed by atoms with Gasteiger partial charge >= 0.3 is 11.9 Å². The predicted molar refractivity (Wildman–Crippen MR) is 198 cm³/mol. The highest BCUT2D eigenvalue weighted by Crippen LogP contribution is 2.30. The second-order valence-electron chi connectivity index (χ2n) is 11.2. The van der Waals surface area contributed by atoms with Gasteiger partial charge in [-0.25, -0.2) is 19.0 Å². The van der Waals surface area contributed by atoms with Crippen LogP contribution < -0.4 is 16.4 Å². The molecule has 0 amide bonds. The first-order chi connectivity index (χ1) is 25.3. The fourth-order valence-corrected chi connectivity index (χ4v) is 5.11. The van der Waals surface area contributed by atoms with Crippen LogP contribution in [-0.2, 0) is 22.6 Å². The molecule has 4 N–H and O–H groups in total. The fraction of sp³-hybridized carbons (Fsp3) is 0.158. The van der Waals surface area contributed by atoms with Crippen molar-refractivity contribution in [3.8, 4) is 0 Å². The number of nitro benzene ring substituents is 1. The van der Waals surface area contributed by atoms with Crippen LogP contribution in [0.2, 0.25) is 0 Å². The number of aromatic nitrogens is 4. The number of anilines is 5. The van der Waals surface area contributed by atoms with Gasteiger partial charge in [-0.2, -0.15) is 10.2 Å². The summed E-state index contributed by atoms with van der Waals surface area (Å²) in [6.45, 7) is 4.91. The molecule has 266 valence electrons. The standard InChI is InChI=1S/C19H18N4O4.C19H20N4O2/c1-2-27-19(24)15-12-20-22(13-14-8-4-3-5-9-14)18(15)21-16-10-6-7-11-17(16)23(25)26;1-2-25-19(24)15-12-21-23(13-14-8-4-3-5-9-14)18(15)22-17-11-7-6-10-16(17)20/h3-12,21H,2,13H2,1H3;3-12,22H,2,13,20H2,1H3. The number of ether oxygens (including phenoxy) is 2. The van der Waals surface area contributed by atoms with Gasteiger partial charge in [0.2, 0.25) is 0 Å². The lowest BCUT2D eigenvalue weighted by Gasteiger charge is -2.13. The van der Waals surface area contributed by atoms with Crippen molar-refractivity contribution in [2.75, 3.05) is 29.6 Å². The van der Waals surface area contributed by atoms with Crippen LogP contribution >= 0.6 is 0 Å². The third-order valence-electron chi connectivity index (χ3n) is 7.59. The maximum atomic E-state index is 12.3. The molecular formula is C38H38N8O6. The number of nitrogen functional groups attached to an aromatic ring is 1. The van der Waals surface area contributed by atoms with Gasteiger partial charge in [-0.3, -0.25) is 10.1 Å². The molecule has 2 aromatic heterocycles. The van der Waals surface area contributed by atoms with Crippen molar-refractivity contribution in [3.63, 3.8) is 0 Å². The van der Waals surface area contributed by atoms with Crippen LogP contribution in [0.3, 0.4) is 0 Å². The molecule has 0 spiro atoms. The van der Waals surface area contributed by atoms with E-state index in [9.17, 15) is 19.7 Å². The van der Waals surface area contributed by atoms with E-state index in [1.54, 1.807) is 47.5 Å². The average Bonchev–Trinajstić information content (AvgIpc) is 3.74. The number of esters is 2. The van der Waals surface area contributed by atoms with Crippen molar-refractivity contribution in [3.05, 3.63) is 154 Å². The third-order valence-corrected chi connectivity index (χ3v) is 7.59. The Kier molecular flexibility index (Phi) is 12.3. The lowest BCUT2D eigenvalue weighted by Crippen LogP contribution is -2.11. The maximum Gasteiger partial charge on any atom is 0.343 e. The number of nitrogens with zero attached hydrogens (tertiary/aromatic N) is 5. The van der Waals surface area contributed by atoms with Crippen LogP contribution in [0, 0.1) is 10.1 Å². The summed E-state index contributed by atoms with van der Waals surface area (Å²) in [5.74, 6) is -0.0662. The number of para-hydroxylation sites is 4. The molecule has 0 fully saturated rings. The Labute approximate surface area is 299 Å². The second-order valence-corrected chi connectivity index (χ2v) is 11.2. The summed E-state index contributed by atoms with van der Waals surface area (Å²) in [5, 5.41) is 26.1. The van der Waals surface area contributed by atoms with E-state index in [1.807, 2.05) is 78.9 Å². The third kappa shape index (κ3) is 9.18. The molecule has 0 bridgehead atoms. The van der Waals surface area contributed by atoms with Crippen molar-refractivity contribution in [1.29, 1.82) is 0 Å². The summed E-state index contributed by atoms with van der Waals surface area (Å²) in [4.78, 5) is 35.4. The molecule has 4 aromatic carbocycles. The fourth-order valence-electron chi connectivity index (χ4n) is 5.11. The zero-order chi connectivity index (χ0) is 36.9. The molecule has 0 saturated heterocycles. The molecule has 14 nitrogen and oxygen atoms in total. The van der Waals surface area contributed by atoms with E-state index in [0.717, 1.165) is 11.1 Å². The molecule has 2 heterocycles. The second kappa shape index (κ2) is 17.6. The lowest BCUT2D eigenvalue weighted by molar-refractivity contribution is -0.383. The topological polar surface area (TPSA) is 181 Å². The Balaban J connectivity index is 0.000000202.